The van der Waals surface area contributed by atoms with Crippen LogP contribution in [-0.2, 0) is 19.4 Å². The zero-order valence-corrected chi connectivity index (χ0v) is 24.6. The van der Waals surface area contributed by atoms with E-state index in [1.807, 2.05) is 24.3 Å². The van der Waals surface area contributed by atoms with E-state index in [-0.39, 0.29) is 5.91 Å². The Bertz CT molecular complexity index is 1820. The lowest BCUT2D eigenvalue weighted by atomic mass is 10.1. The van der Waals surface area contributed by atoms with E-state index in [2.05, 4.69) is 61.1 Å². The van der Waals surface area contributed by atoms with Gasteiger partial charge in [-0.25, -0.2) is 9.97 Å². The first kappa shape index (κ1) is 27.7. The lowest BCUT2D eigenvalue weighted by Gasteiger charge is -2.36. The fraction of sp³-hybridized carbons (Fsp3) is 0.286. The Balaban J connectivity index is 1.18. The van der Waals surface area contributed by atoms with E-state index in [9.17, 15) is 10.1 Å². The molecule has 3 aromatic heterocycles. The first-order valence-electron chi connectivity index (χ1n) is 15.3. The number of nitrogens with one attached hydrogen (secondary N) is 1. The van der Waals surface area contributed by atoms with Crippen molar-refractivity contribution < 1.29 is 4.79 Å². The molecule has 0 radical (unpaired) electrons. The third-order valence-corrected chi connectivity index (χ3v) is 8.72. The van der Waals surface area contributed by atoms with Gasteiger partial charge >= 0.3 is 0 Å². The lowest BCUT2D eigenvalue weighted by molar-refractivity contribution is 0.102. The SMILES string of the molecule is N#Cc1c2n(c3c(N4CCN(CCc5ccccc5)CC4)nc(-c4ccc(NC(=O)c5ccncc5)cc4)nc13)CCCC2. The molecule has 7 rings (SSSR count). The van der Waals surface area contributed by atoms with Crippen LogP contribution in [0.2, 0.25) is 0 Å². The molecule has 0 unspecified atom stereocenters. The highest BCUT2D eigenvalue weighted by Crippen LogP contribution is 2.36. The van der Waals surface area contributed by atoms with Crippen molar-refractivity contribution in [2.24, 2.45) is 0 Å². The molecule has 5 aromatic rings. The third kappa shape index (κ3) is 5.52. The molecule has 5 heterocycles. The normalized spacial score (nSPS) is 15.1. The molecule has 9 nitrogen and oxygen atoms in total. The number of hydrogen-bond donors (Lipinski definition) is 1. The van der Waals surface area contributed by atoms with Gasteiger partial charge in [-0.05, 0) is 67.6 Å². The molecule has 0 bridgehead atoms. The molecule has 0 spiro atoms. The second-order valence-corrected chi connectivity index (χ2v) is 11.4. The molecular formula is C35H34N8O. The molecule has 220 valence electrons. The van der Waals surface area contributed by atoms with E-state index in [1.165, 1.54) is 5.56 Å². The molecular weight excluding hydrogens is 548 g/mol. The number of fused-ring (bicyclic) bond motifs is 3. The summed E-state index contributed by atoms with van der Waals surface area (Å²) >= 11 is 0. The Labute approximate surface area is 256 Å². The highest BCUT2D eigenvalue weighted by atomic mass is 16.1. The Hall–Kier alpha value is -5.07. The topological polar surface area (TPSA) is 103 Å². The van der Waals surface area contributed by atoms with Crippen molar-refractivity contribution in [2.45, 2.75) is 32.2 Å². The van der Waals surface area contributed by atoms with E-state index < -0.39 is 0 Å². The zero-order chi connectivity index (χ0) is 29.9. The number of pyridine rings is 1. The van der Waals surface area contributed by atoms with Crippen molar-refractivity contribution in [3.8, 4) is 17.5 Å². The van der Waals surface area contributed by atoms with Gasteiger partial charge in [0.25, 0.3) is 5.91 Å². The third-order valence-electron chi connectivity index (χ3n) is 8.72. The van der Waals surface area contributed by atoms with Gasteiger partial charge in [-0.15, -0.1) is 0 Å². The summed E-state index contributed by atoms with van der Waals surface area (Å²) in [4.78, 5) is 31.7. The van der Waals surface area contributed by atoms with Crippen molar-refractivity contribution in [3.05, 3.63) is 102 Å². The van der Waals surface area contributed by atoms with E-state index >= 15 is 0 Å². The summed E-state index contributed by atoms with van der Waals surface area (Å²) in [5.74, 6) is 1.30. The molecule has 1 saturated heterocycles. The average Bonchev–Trinajstić information content (AvgIpc) is 3.42. The Morgan fingerprint density at radius 1 is 0.886 bits per heavy atom. The van der Waals surface area contributed by atoms with Crippen LogP contribution in [-0.4, -0.2) is 63.0 Å². The van der Waals surface area contributed by atoms with Crippen LogP contribution in [0.3, 0.4) is 0 Å². The van der Waals surface area contributed by atoms with Crippen LogP contribution in [0.15, 0.2) is 79.1 Å². The summed E-state index contributed by atoms with van der Waals surface area (Å²) < 4.78 is 2.30. The van der Waals surface area contributed by atoms with E-state index in [0.717, 1.165) is 93.1 Å². The summed E-state index contributed by atoms with van der Waals surface area (Å²) in [5, 5.41) is 13.2. The van der Waals surface area contributed by atoms with Gasteiger partial charge in [-0.3, -0.25) is 14.7 Å². The van der Waals surface area contributed by atoms with Crippen molar-refractivity contribution >= 4 is 28.4 Å². The van der Waals surface area contributed by atoms with Crippen LogP contribution in [0.25, 0.3) is 22.4 Å². The van der Waals surface area contributed by atoms with Crippen molar-refractivity contribution in [2.75, 3.05) is 42.9 Å². The first-order chi connectivity index (χ1) is 21.7. The minimum atomic E-state index is -0.193. The summed E-state index contributed by atoms with van der Waals surface area (Å²) in [6, 6.07) is 24.1. The number of carbonyl (C=O) groups is 1. The van der Waals surface area contributed by atoms with Crippen LogP contribution >= 0.6 is 0 Å². The van der Waals surface area contributed by atoms with Crippen LogP contribution in [0.5, 0.6) is 0 Å². The largest absolute Gasteiger partial charge is 0.352 e. The Morgan fingerprint density at radius 3 is 2.41 bits per heavy atom. The quantitative estimate of drug-likeness (QED) is 0.277. The van der Waals surface area contributed by atoms with E-state index in [0.29, 0.717) is 22.6 Å². The number of carbonyl (C=O) groups excluding carboxylic acids is 1. The van der Waals surface area contributed by atoms with Gasteiger partial charge in [0.05, 0.1) is 5.56 Å². The molecule has 2 aliphatic heterocycles. The molecule has 9 heteroatoms. The number of amides is 1. The van der Waals surface area contributed by atoms with Crippen molar-refractivity contribution in [1.82, 2.24) is 24.4 Å². The van der Waals surface area contributed by atoms with Gasteiger partial charge in [0.15, 0.2) is 11.6 Å². The van der Waals surface area contributed by atoms with Gasteiger partial charge < -0.3 is 14.8 Å². The van der Waals surface area contributed by atoms with Gasteiger partial charge in [-0.1, -0.05) is 30.3 Å². The number of aryl methyl sites for hydroxylation is 1. The minimum Gasteiger partial charge on any atom is -0.352 e. The van der Waals surface area contributed by atoms with Gasteiger partial charge in [0.2, 0.25) is 0 Å². The maximum absolute atomic E-state index is 12.6. The Morgan fingerprint density at radius 2 is 1.66 bits per heavy atom. The molecule has 1 N–H and O–H groups in total. The molecule has 1 amide bonds. The van der Waals surface area contributed by atoms with Crippen LogP contribution in [0.4, 0.5) is 11.5 Å². The predicted octanol–water partition coefficient (Wildman–Crippen LogP) is 5.32. The zero-order valence-electron chi connectivity index (χ0n) is 24.6. The molecule has 1 fully saturated rings. The molecule has 0 atom stereocenters. The second-order valence-electron chi connectivity index (χ2n) is 11.4. The van der Waals surface area contributed by atoms with E-state index in [1.54, 1.807) is 24.5 Å². The van der Waals surface area contributed by atoms with Crippen molar-refractivity contribution in [1.29, 1.82) is 5.26 Å². The maximum Gasteiger partial charge on any atom is 0.255 e. The fourth-order valence-corrected chi connectivity index (χ4v) is 6.33. The molecule has 0 aliphatic carbocycles. The summed E-state index contributed by atoms with van der Waals surface area (Å²) in [6.07, 6.45) is 7.29. The molecule has 2 aliphatic rings. The second kappa shape index (κ2) is 12.3. The number of benzene rings is 2. The highest BCUT2D eigenvalue weighted by molar-refractivity contribution is 6.04. The fourth-order valence-electron chi connectivity index (χ4n) is 6.33. The van der Waals surface area contributed by atoms with E-state index in [4.69, 9.17) is 9.97 Å². The number of piperazine rings is 1. The maximum atomic E-state index is 12.6. The molecule has 0 saturated carbocycles. The monoisotopic (exact) mass is 582 g/mol. The summed E-state index contributed by atoms with van der Waals surface area (Å²) in [6.45, 7) is 5.55. The summed E-state index contributed by atoms with van der Waals surface area (Å²) in [5.41, 5.74) is 6.91. The number of aromatic nitrogens is 4. The van der Waals surface area contributed by atoms with Crippen LogP contribution in [0.1, 0.15) is 40.0 Å². The molecule has 44 heavy (non-hydrogen) atoms. The van der Waals surface area contributed by atoms with Gasteiger partial charge in [-0.2, -0.15) is 5.26 Å². The number of rotatable bonds is 7. The number of nitriles is 1. The van der Waals surface area contributed by atoms with Crippen LogP contribution in [0, 0.1) is 11.3 Å². The highest BCUT2D eigenvalue weighted by Gasteiger charge is 2.28. The Kier molecular flexibility index (Phi) is 7.74. The number of hydrogen-bond acceptors (Lipinski definition) is 7. The number of nitrogens with zero attached hydrogens (tertiary/aromatic N) is 7. The lowest BCUT2D eigenvalue weighted by Crippen LogP contribution is -2.47. The smallest absolute Gasteiger partial charge is 0.255 e. The van der Waals surface area contributed by atoms with Gasteiger partial charge in [0, 0.05) is 74.2 Å². The first-order valence-corrected chi connectivity index (χ1v) is 15.3. The number of anilines is 2. The van der Waals surface area contributed by atoms with Crippen molar-refractivity contribution in [3.63, 3.8) is 0 Å². The standard InChI is InChI=1S/C35H34N8O/c36-24-29-30-8-4-5-18-43(30)32-31(29)39-33(26-9-11-28(12-10-26)38-35(44)27-13-16-37-17-14-27)40-34(32)42-22-20-41(21-23-42)19-15-25-6-2-1-3-7-25/h1-3,6-7,9-14,16-17H,4-5,8,15,18-23H2,(H,38,44). The van der Waals surface area contributed by atoms with Crippen LogP contribution < -0.4 is 10.2 Å². The average molecular weight is 583 g/mol. The predicted molar refractivity (Wildman–Crippen MR) is 172 cm³/mol. The molecule has 2 aromatic carbocycles. The summed E-state index contributed by atoms with van der Waals surface area (Å²) in [7, 11) is 0. The minimum absolute atomic E-state index is 0.193. The van der Waals surface area contributed by atoms with Gasteiger partial charge in [0.1, 0.15) is 17.1 Å².